The van der Waals surface area contributed by atoms with Crippen molar-refractivity contribution in [3.63, 3.8) is 0 Å². The van der Waals surface area contributed by atoms with Crippen molar-refractivity contribution in [2.45, 2.75) is 25.6 Å². The molecule has 0 aliphatic carbocycles. The standard InChI is InChI=1S/C29H23F3N2O2S/c30-29(31,32)22-10-7-19(8-11-22)25-5-1-2-6-26(25)28(36)33-23-12-9-21-18-34(14-13-20(21)16-23)27(35)17-24-4-3-15-37-24/h1-12,15-16H,13-14,17-18H2,(H,33,36). The summed E-state index contributed by atoms with van der Waals surface area (Å²) in [5, 5.41) is 4.88. The summed E-state index contributed by atoms with van der Waals surface area (Å²) in [6.07, 6.45) is -3.33. The number of rotatable bonds is 5. The minimum atomic E-state index is -4.42. The Kier molecular flexibility index (Phi) is 6.84. The first-order chi connectivity index (χ1) is 17.8. The van der Waals surface area contributed by atoms with Crippen LogP contribution in [0.2, 0.25) is 0 Å². The number of nitrogens with zero attached hydrogens (tertiary/aromatic N) is 1. The summed E-state index contributed by atoms with van der Waals surface area (Å²) in [6.45, 7) is 1.15. The zero-order chi connectivity index (χ0) is 26.0. The Labute approximate surface area is 216 Å². The lowest BCUT2D eigenvalue weighted by atomic mass is 9.97. The average Bonchev–Trinajstić information content (AvgIpc) is 3.41. The highest BCUT2D eigenvalue weighted by Crippen LogP contribution is 2.32. The van der Waals surface area contributed by atoms with Gasteiger partial charge in [0.2, 0.25) is 5.91 Å². The van der Waals surface area contributed by atoms with Gasteiger partial charge in [-0.1, -0.05) is 42.5 Å². The van der Waals surface area contributed by atoms with E-state index in [-0.39, 0.29) is 11.8 Å². The lowest BCUT2D eigenvalue weighted by Crippen LogP contribution is -2.36. The third-order valence-corrected chi connectivity index (χ3v) is 7.31. The molecule has 188 valence electrons. The molecule has 0 radical (unpaired) electrons. The van der Waals surface area contributed by atoms with E-state index in [0.717, 1.165) is 28.1 Å². The van der Waals surface area contributed by atoms with Crippen LogP contribution in [0.3, 0.4) is 0 Å². The lowest BCUT2D eigenvalue weighted by Gasteiger charge is -2.29. The third-order valence-electron chi connectivity index (χ3n) is 6.43. The van der Waals surface area contributed by atoms with E-state index < -0.39 is 11.7 Å². The Hall–Kier alpha value is -3.91. The fourth-order valence-corrected chi connectivity index (χ4v) is 5.18. The van der Waals surface area contributed by atoms with E-state index in [9.17, 15) is 22.8 Å². The first-order valence-electron chi connectivity index (χ1n) is 11.8. The molecule has 1 aromatic heterocycles. The molecule has 0 fully saturated rings. The lowest BCUT2D eigenvalue weighted by molar-refractivity contribution is -0.137. The number of halogens is 3. The van der Waals surface area contributed by atoms with Gasteiger partial charge in [-0.05, 0) is 70.5 Å². The number of benzene rings is 3. The van der Waals surface area contributed by atoms with E-state index in [1.54, 1.807) is 35.6 Å². The number of nitrogens with one attached hydrogen (secondary N) is 1. The second-order valence-electron chi connectivity index (χ2n) is 8.88. The molecule has 0 bridgehead atoms. The molecule has 2 heterocycles. The molecule has 5 rings (SSSR count). The Balaban J connectivity index is 1.29. The molecule has 0 spiro atoms. The number of hydrogen-bond acceptors (Lipinski definition) is 3. The van der Waals surface area contributed by atoms with Crippen LogP contribution in [0.5, 0.6) is 0 Å². The van der Waals surface area contributed by atoms with Gasteiger partial charge < -0.3 is 10.2 Å². The molecule has 3 aromatic carbocycles. The van der Waals surface area contributed by atoms with Crippen LogP contribution in [0.4, 0.5) is 18.9 Å². The highest BCUT2D eigenvalue weighted by Gasteiger charge is 2.30. The molecular weight excluding hydrogens is 497 g/mol. The first kappa shape index (κ1) is 24.8. The van der Waals surface area contributed by atoms with Gasteiger partial charge in [-0.3, -0.25) is 9.59 Å². The van der Waals surface area contributed by atoms with Crippen LogP contribution in [0.25, 0.3) is 11.1 Å². The summed E-state index contributed by atoms with van der Waals surface area (Å²) in [5.41, 5.74) is 3.46. The van der Waals surface area contributed by atoms with Gasteiger partial charge in [0.15, 0.2) is 0 Å². The zero-order valence-corrected chi connectivity index (χ0v) is 20.5. The second-order valence-corrected chi connectivity index (χ2v) is 9.91. The number of fused-ring (bicyclic) bond motifs is 1. The zero-order valence-electron chi connectivity index (χ0n) is 19.7. The van der Waals surface area contributed by atoms with Crippen LogP contribution in [-0.2, 0) is 30.4 Å². The third kappa shape index (κ3) is 5.59. The topological polar surface area (TPSA) is 49.4 Å². The molecule has 4 aromatic rings. The Morgan fingerprint density at radius 3 is 2.43 bits per heavy atom. The first-order valence-corrected chi connectivity index (χ1v) is 12.7. The number of carbonyl (C=O) groups excluding carboxylic acids is 2. The number of hydrogen-bond donors (Lipinski definition) is 1. The molecule has 37 heavy (non-hydrogen) atoms. The molecule has 8 heteroatoms. The maximum Gasteiger partial charge on any atom is 0.416 e. The fraction of sp³-hybridized carbons (Fsp3) is 0.172. The molecule has 1 N–H and O–H groups in total. The van der Waals surface area contributed by atoms with Crippen molar-refractivity contribution in [2.75, 3.05) is 11.9 Å². The Bertz CT molecular complexity index is 1430. The summed E-state index contributed by atoms with van der Waals surface area (Å²) in [6, 6.07) is 21.2. The largest absolute Gasteiger partial charge is 0.416 e. The van der Waals surface area contributed by atoms with Gasteiger partial charge in [0, 0.05) is 29.2 Å². The Morgan fingerprint density at radius 2 is 1.70 bits per heavy atom. The van der Waals surface area contributed by atoms with E-state index in [0.29, 0.717) is 48.3 Å². The van der Waals surface area contributed by atoms with Crippen LogP contribution < -0.4 is 5.32 Å². The van der Waals surface area contributed by atoms with Crippen LogP contribution in [0.1, 0.15) is 31.9 Å². The monoisotopic (exact) mass is 520 g/mol. The van der Waals surface area contributed by atoms with Crippen molar-refractivity contribution < 1.29 is 22.8 Å². The highest BCUT2D eigenvalue weighted by atomic mass is 32.1. The predicted molar refractivity (Wildman–Crippen MR) is 138 cm³/mol. The molecule has 1 aliphatic heterocycles. The van der Waals surface area contributed by atoms with Crippen molar-refractivity contribution in [1.29, 1.82) is 0 Å². The minimum absolute atomic E-state index is 0.102. The van der Waals surface area contributed by atoms with Crippen molar-refractivity contribution in [2.24, 2.45) is 0 Å². The van der Waals surface area contributed by atoms with E-state index in [1.807, 2.05) is 40.6 Å². The van der Waals surface area contributed by atoms with Gasteiger partial charge >= 0.3 is 6.18 Å². The van der Waals surface area contributed by atoms with E-state index in [1.165, 1.54) is 12.1 Å². The predicted octanol–water partition coefficient (Wildman–Crippen LogP) is 6.81. The fourth-order valence-electron chi connectivity index (χ4n) is 4.49. The minimum Gasteiger partial charge on any atom is -0.338 e. The van der Waals surface area contributed by atoms with Crippen LogP contribution in [-0.4, -0.2) is 23.3 Å². The summed E-state index contributed by atoms with van der Waals surface area (Å²) in [5.74, 6) is -0.246. The average molecular weight is 521 g/mol. The Morgan fingerprint density at radius 1 is 0.919 bits per heavy atom. The molecule has 0 saturated heterocycles. The van der Waals surface area contributed by atoms with Crippen molar-refractivity contribution in [1.82, 2.24) is 4.90 Å². The number of thiophene rings is 1. The van der Waals surface area contributed by atoms with Crippen molar-refractivity contribution >= 4 is 28.8 Å². The molecule has 4 nitrogen and oxygen atoms in total. The molecule has 0 atom stereocenters. The van der Waals surface area contributed by atoms with E-state index in [2.05, 4.69) is 5.32 Å². The highest BCUT2D eigenvalue weighted by molar-refractivity contribution is 7.10. The molecular formula is C29H23F3N2O2S. The van der Waals surface area contributed by atoms with Gasteiger partial charge in [-0.15, -0.1) is 11.3 Å². The second kappa shape index (κ2) is 10.2. The van der Waals surface area contributed by atoms with Crippen LogP contribution >= 0.6 is 11.3 Å². The number of alkyl halides is 3. The summed E-state index contributed by atoms with van der Waals surface area (Å²) in [4.78, 5) is 28.7. The normalized spacial score (nSPS) is 13.2. The SMILES string of the molecule is O=C(Nc1ccc2c(c1)CCN(C(=O)Cc1cccs1)C2)c1ccccc1-c1ccc(C(F)(F)F)cc1. The number of amides is 2. The molecule has 2 amide bonds. The number of carbonyl (C=O) groups is 2. The van der Waals surface area contributed by atoms with Gasteiger partial charge in [0.05, 0.1) is 12.0 Å². The van der Waals surface area contributed by atoms with E-state index >= 15 is 0 Å². The summed E-state index contributed by atoms with van der Waals surface area (Å²) >= 11 is 1.57. The van der Waals surface area contributed by atoms with Gasteiger partial charge in [0.1, 0.15) is 0 Å². The molecule has 0 unspecified atom stereocenters. The molecule has 0 saturated carbocycles. The maximum absolute atomic E-state index is 13.2. The quantitative estimate of drug-likeness (QED) is 0.314. The summed E-state index contributed by atoms with van der Waals surface area (Å²) < 4.78 is 38.8. The van der Waals surface area contributed by atoms with Crippen LogP contribution in [0, 0.1) is 0 Å². The maximum atomic E-state index is 13.2. The molecule has 1 aliphatic rings. The summed E-state index contributed by atoms with van der Waals surface area (Å²) in [7, 11) is 0. The number of anilines is 1. The van der Waals surface area contributed by atoms with Crippen molar-refractivity contribution in [3.05, 3.63) is 111 Å². The van der Waals surface area contributed by atoms with E-state index in [4.69, 9.17) is 0 Å². The van der Waals surface area contributed by atoms with Crippen LogP contribution in [0.15, 0.2) is 84.2 Å². The smallest absolute Gasteiger partial charge is 0.338 e. The van der Waals surface area contributed by atoms with Gasteiger partial charge in [0.25, 0.3) is 5.91 Å². The van der Waals surface area contributed by atoms with Gasteiger partial charge in [-0.25, -0.2) is 0 Å². The van der Waals surface area contributed by atoms with Crippen molar-refractivity contribution in [3.8, 4) is 11.1 Å². The van der Waals surface area contributed by atoms with Gasteiger partial charge in [-0.2, -0.15) is 13.2 Å².